The van der Waals surface area contributed by atoms with Crippen LogP contribution in [0.25, 0.3) is 28.1 Å². The highest BCUT2D eigenvalue weighted by Crippen LogP contribution is 2.61. The molecule has 0 bridgehead atoms. The van der Waals surface area contributed by atoms with Crippen LogP contribution in [-0.2, 0) is 43.3 Å². The number of aromatic hydroxyl groups is 2. The van der Waals surface area contributed by atoms with Crippen molar-refractivity contribution < 1.29 is 44.5 Å². The zero-order valence-corrected chi connectivity index (χ0v) is 48.5. The highest BCUT2D eigenvalue weighted by atomic mass is 16.6. The summed E-state index contributed by atoms with van der Waals surface area (Å²) in [4.78, 5) is 3.41. The molecule has 83 heavy (non-hydrogen) atoms. The molecule has 438 valence electrons. The normalized spacial score (nSPS) is 20.4. The molecule has 0 amide bonds. The van der Waals surface area contributed by atoms with E-state index in [1.807, 2.05) is 56.6 Å². The summed E-state index contributed by atoms with van der Waals surface area (Å²) in [6.45, 7) is 8.36. The lowest BCUT2D eigenvalue weighted by atomic mass is 9.62. The third-order valence-electron chi connectivity index (χ3n) is 17.4. The fourth-order valence-electron chi connectivity index (χ4n) is 13.8. The molecule has 6 atom stereocenters. The average Bonchev–Trinajstić information content (AvgIpc) is 1.72. The summed E-state index contributed by atoms with van der Waals surface area (Å²) in [7, 11) is 1.86. The van der Waals surface area contributed by atoms with Crippen molar-refractivity contribution in [3.63, 3.8) is 0 Å². The first-order valence-electron chi connectivity index (χ1n) is 30.0. The van der Waals surface area contributed by atoms with Crippen LogP contribution in [0.4, 0.5) is 0 Å². The lowest BCUT2D eigenvalue weighted by Crippen LogP contribution is -2.56. The van der Waals surface area contributed by atoms with Gasteiger partial charge in [-0.1, -0.05) is 86.6 Å². The number of hydrogen-bond donors (Lipinski definition) is 10. The number of H-pyrrole nitrogens is 1. The van der Waals surface area contributed by atoms with Gasteiger partial charge < -0.3 is 65.4 Å². The first-order chi connectivity index (χ1) is 40.4. The van der Waals surface area contributed by atoms with Crippen LogP contribution in [0.1, 0.15) is 114 Å². The summed E-state index contributed by atoms with van der Waals surface area (Å²) in [5.74, 6) is 2.01. The number of phenols is 2. The Morgan fingerprint density at radius 2 is 1.63 bits per heavy atom. The van der Waals surface area contributed by atoms with E-state index in [2.05, 4.69) is 119 Å². The van der Waals surface area contributed by atoms with Gasteiger partial charge in [0.2, 0.25) is 0 Å². The molecular weight excluding hydrogens is 1040 g/mol. The minimum absolute atomic E-state index is 0.0133. The Bertz CT molecular complexity index is 3400. The summed E-state index contributed by atoms with van der Waals surface area (Å²) in [6, 6.07) is 37.4. The van der Waals surface area contributed by atoms with Gasteiger partial charge >= 0.3 is 0 Å². The molecular formula is C69H83N5O9. The molecule has 0 radical (unpaired) electrons. The van der Waals surface area contributed by atoms with Crippen molar-refractivity contribution in [1.29, 1.82) is 0 Å². The Labute approximate surface area is 488 Å². The molecule has 3 heterocycles. The minimum Gasteiger partial charge on any atom is -0.507 e. The van der Waals surface area contributed by atoms with Gasteiger partial charge in [0.25, 0.3) is 0 Å². The van der Waals surface area contributed by atoms with Crippen molar-refractivity contribution in [2.75, 3.05) is 66.4 Å². The van der Waals surface area contributed by atoms with Crippen molar-refractivity contribution >= 4 is 17.0 Å². The quantitative estimate of drug-likeness (QED) is 0.0182. The molecule has 2 aliphatic carbocycles. The Hall–Kier alpha value is -6.72. The van der Waals surface area contributed by atoms with Crippen LogP contribution in [0, 0.1) is 5.92 Å². The van der Waals surface area contributed by atoms with Gasteiger partial charge in [-0.3, -0.25) is 5.32 Å². The molecule has 14 heteroatoms. The van der Waals surface area contributed by atoms with E-state index in [0.717, 1.165) is 86.1 Å². The van der Waals surface area contributed by atoms with E-state index in [4.69, 9.17) is 18.9 Å². The molecule has 4 aliphatic rings. The summed E-state index contributed by atoms with van der Waals surface area (Å²) >= 11 is 0. The van der Waals surface area contributed by atoms with Crippen LogP contribution in [-0.4, -0.2) is 114 Å². The second-order valence-corrected chi connectivity index (χ2v) is 24.1. The van der Waals surface area contributed by atoms with Gasteiger partial charge in [0, 0.05) is 72.6 Å². The predicted octanol–water partition coefficient (Wildman–Crippen LogP) is 9.67. The highest BCUT2D eigenvalue weighted by molar-refractivity contribution is 5.90. The van der Waals surface area contributed by atoms with Crippen molar-refractivity contribution in [2.24, 2.45) is 5.92 Å². The number of nitrogens with one attached hydrogen (secondary N) is 5. The summed E-state index contributed by atoms with van der Waals surface area (Å²) in [5, 5.41) is 71.7. The summed E-state index contributed by atoms with van der Waals surface area (Å²) < 4.78 is 28.3. The van der Waals surface area contributed by atoms with Gasteiger partial charge in [0.1, 0.15) is 35.6 Å². The van der Waals surface area contributed by atoms with E-state index in [0.29, 0.717) is 88.5 Å². The molecule has 6 aromatic carbocycles. The average molecular weight is 1130 g/mol. The van der Waals surface area contributed by atoms with Gasteiger partial charge in [-0.15, -0.1) is 0 Å². The van der Waals surface area contributed by atoms with Gasteiger partial charge in [-0.25, -0.2) is 0 Å². The number of aryl methyl sites for hydroxylation is 3. The highest BCUT2D eigenvalue weighted by Gasteiger charge is 2.51. The standard InChI is InChI=1S/C69H83N5O9/c1-43(2)35-68(3,79)39-72-41-73-40-69(81-42-70-4)36-57-54-34-56-61(47-19-23-58-46(30-47)25-27-74-58)50(37-71-26-11-16-44-12-7-5-8-13-44)32-55-59(77)24-22-52(62(55)56)63(54)66-53(21-20-51(38-76)82-66)65(57)83-67(69)49-31-48(18-17-45-14-9-6-10-15-45)64(78)60(33-49)80-29-28-75/h5-10,12-15,19,22-25,27,30-33,43,51,56,61,67,70-79H,11,16-18,20-21,26,28-29,34-42H2,1-4H3. The van der Waals surface area contributed by atoms with Crippen molar-refractivity contribution in [3.8, 4) is 39.9 Å². The second kappa shape index (κ2) is 25.6. The van der Waals surface area contributed by atoms with Crippen molar-refractivity contribution in [2.45, 2.75) is 114 Å². The fourth-order valence-corrected chi connectivity index (χ4v) is 13.8. The van der Waals surface area contributed by atoms with Gasteiger partial charge in [-0.2, -0.15) is 0 Å². The number of hydrogen-bond acceptors (Lipinski definition) is 13. The molecule has 10 N–H and O–H groups in total. The van der Waals surface area contributed by atoms with Crippen LogP contribution in [0.2, 0.25) is 0 Å². The van der Waals surface area contributed by atoms with Gasteiger partial charge in [0.05, 0.1) is 25.5 Å². The molecule has 0 fully saturated rings. The first-order valence-corrected chi connectivity index (χ1v) is 30.0. The van der Waals surface area contributed by atoms with E-state index >= 15 is 0 Å². The number of ether oxygens (including phenoxy) is 4. The van der Waals surface area contributed by atoms with Gasteiger partial charge in [-0.05, 0) is 182 Å². The second-order valence-electron chi connectivity index (χ2n) is 24.1. The molecule has 6 unspecified atom stereocenters. The number of benzene rings is 6. The monoisotopic (exact) mass is 1130 g/mol. The molecule has 0 saturated carbocycles. The summed E-state index contributed by atoms with van der Waals surface area (Å²) in [5.41, 5.74) is 12.1. The molecule has 0 spiro atoms. The lowest BCUT2D eigenvalue weighted by Gasteiger charge is -2.48. The Morgan fingerprint density at radius 1 is 0.831 bits per heavy atom. The van der Waals surface area contributed by atoms with Crippen LogP contribution in [0.3, 0.4) is 0 Å². The largest absolute Gasteiger partial charge is 0.507 e. The third-order valence-corrected chi connectivity index (χ3v) is 17.4. The Morgan fingerprint density at radius 3 is 2.39 bits per heavy atom. The number of aromatic nitrogens is 1. The molecule has 0 saturated heterocycles. The van der Waals surface area contributed by atoms with Crippen molar-refractivity contribution in [1.82, 2.24) is 26.3 Å². The Balaban J connectivity index is 1.06. The number of fused-ring (bicyclic) bond motifs is 8. The molecule has 1 aromatic heterocycles. The van der Waals surface area contributed by atoms with Crippen LogP contribution < -0.4 is 35.5 Å². The topological polar surface area (TPSA) is 202 Å². The number of aliphatic hydroxyl groups excluding tert-OH is 2. The van der Waals surface area contributed by atoms with E-state index in [9.17, 15) is 25.5 Å². The molecule has 14 nitrogen and oxygen atoms in total. The fraction of sp³-hybridized carbons (Fsp3) is 0.420. The smallest absolute Gasteiger partial charge is 0.161 e. The zero-order chi connectivity index (χ0) is 57.7. The van der Waals surface area contributed by atoms with Crippen LogP contribution >= 0.6 is 0 Å². The van der Waals surface area contributed by atoms with Crippen LogP contribution in [0.5, 0.6) is 28.7 Å². The SMILES string of the molecule is CNCOC1(CNCNCC(C)(O)CC(C)C)Cc2c3c(c4c(c2OC1c1cc(CCc2ccccc2)c(O)c(OCCO)c1)CCC(CO)O4)-c1ccc(O)c2c1C(C3)C(c1ccc3[nH]ccc3c1)C(CNCCCc1ccccc1)=C2. The maximum atomic E-state index is 12.0. The third kappa shape index (κ3) is 12.4. The maximum absolute atomic E-state index is 12.0. The van der Waals surface area contributed by atoms with E-state index in [1.165, 1.54) is 16.7 Å². The molecule has 2 aliphatic heterocycles. The number of aromatic amines is 1. The van der Waals surface area contributed by atoms with E-state index < -0.39 is 23.4 Å². The first kappa shape index (κ1) is 58.1. The number of aliphatic hydroxyl groups is 3. The predicted molar refractivity (Wildman–Crippen MR) is 327 cm³/mol. The maximum Gasteiger partial charge on any atom is 0.161 e. The molecule has 11 rings (SSSR count). The Kier molecular flexibility index (Phi) is 17.9. The number of rotatable bonds is 26. The zero-order valence-electron chi connectivity index (χ0n) is 48.5. The summed E-state index contributed by atoms with van der Waals surface area (Å²) in [6.07, 6.45) is 8.87. The van der Waals surface area contributed by atoms with Crippen molar-refractivity contribution in [3.05, 3.63) is 177 Å². The lowest BCUT2D eigenvalue weighted by molar-refractivity contribution is -0.129. The number of phenolic OH excluding ortho intramolecular Hbond substituents is 2. The van der Waals surface area contributed by atoms with E-state index in [1.54, 1.807) is 0 Å². The van der Waals surface area contributed by atoms with Crippen LogP contribution in [0.15, 0.2) is 121 Å². The van der Waals surface area contributed by atoms with Gasteiger partial charge in [0.15, 0.2) is 17.6 Å². The minimum atomic E-state index is -1.12. The van der Waals surface area contributed by atoms with E-state index in [-0.39, 0.29) is 55.6 Å². The molecule has 7 aromatic rings.